The first-order valence-corrected chi connectivity index (χ1v) is 5.74. The fraction of sp³-hybridized carbons (Fsp3) is 0.500. The van der Waals surface area contributed by atoms with Crippen LogP contribution in [0.15, 0.2) is 12.1 Å². The summed E-state index contributed by atoms with van der Waals surface area (Å²) < 4.78 is 0. The Morgan fingerprint density at radius 3 is 2.50 bits per heavy atom. The second kappa shape index (κ2) is 4.22. The van der Waals surface area contributed by atoms with Gasteiger partial charge in [-0.15, -0.1) is 0 Å². The predicted molar refractivity (Wildman–Crippen MR) is 62.3 cm³/mol. The van der Waals surface area contributed by atoms with Gasteiger partial charge in [0.05, 0.1) is 10.7 Å². The van der Waals surface area contributed by atoms with Gasteiger partial charge in [-0.25, -0.2) is 0 Å². The van der Waals surface area contributed by atoms with Crippen molar-refractivity contribution in [3.8, 4) is 0 Å². The first kappa shape index (κ1) is 9.85. The van der Waals surface area contributed by atoms with Crippen LogP contribution in [0.3, 0.4) is 0 Å². The van der Waals surface area contributed by atoms with Crippen LogP contribution in [0.5, 0.6) is 0 Å². The van der Waals surface area contributed by atoms with Crippen LogP contribution in [-0.2, 0) is 12.8 Å². The summed E-state index contributed by atoms with van der Waals surface area (Å²) in [7, 11) is 0. The lowest BCUT2D eigenvalue weighted by Gasteiger charge is -2.18. The van der Waals surface area contributed by atoms with E-state index in [1.165, 1.54) is 36.8 Å². The molecular weight excluding hydrogens is 194 g/mol. The first-order chi connectivity index (χ1) is 6.81. The number of rotatable bonds is 2. The number of aryl methyl sites for hydroxylation is 2. The molecule has 0 heterocycles. The molecule has 0 saturated heterocycles. The van der Waals surface area contributed by atoms with Gasteiger partial charge in [-0.05, 0) is 55.9 Å². The van der Waals surface area contributed by atoms with Crippen molar-refractivity contribution in [3.05, 3.63) is 28.3 Å². The van der Waals surface area contributed by atoms with Gasteiger partial charge in [0, 0.05) is 6.54 Å². The van der Waals surface area contributed by atoms with Crippen molar-refractivity contribution in [2.75, 3.05) is 11.9 Å². The minimum Gasteiger partial charge on any atom is -0.384 e. The molecule has 2 heteroatoms. The molecule has 2 rings (SSSR count). The van der Waals surface area contributed by atoms with Crippen molar-refractivity contribution >= 4 is 17.3 Å². The van der Waals surface area contributed by atoms with Crippen molar-refractivity contribution in [3.63, 3.8) is 0 Å². The smallest absolute Gasteiger partial charge is 0.0640 e. The summed E-state index contributed by atoms with van der Waals surface area (Å²) in [6.07, 6.45) is 5.04. The molecule has 0 fully saturated rings. The van der Waals surface area contributed by atoms with Crippen LogP contribution >= 0.6 is 11.6 Å². The second-order valence-corrected chi connectivity index (χ2v) is 4.25. The van der Waals surface area contributed by atoms with Crippen LogP contribution in [0.4, 0.5) is 5.69 Å². The van der Waals surface area contributed by atoms with Crippen molar-refractivity contribution < 1.29 is 0 Å². The largest absolute Gasteiger partial charge is 0.384 e. The summed E-state index contributed by atoms with van der Waals surface area (Å²) in [6.45, 7) is 3.02. The Balaban J connectivity index is 2.35. The summed E-state index contributed by atoms with van der Waals surface area (Å²) in [4.78, 5) is 0. The highest BCUT2D eigenvalue weighted by Crippen LogP contribution is 2.30. The van der Waals surface area contributed by atoms with E-state index in [4.69, 9.17) is 11.6 Å². The zero-order chi connectivity index (χ0) is 9.97. The van der Waals surface area contributed by atoms with Gasteiger partial charge in [-0.3, -0.25) is 0 Å². The third-order valence-electron chi connectivity index (χ3n) is 2.80. The Kier molecular flexibility index (Phi) is 2.97. The van der Waals surface area contributed by atoms with Crippen LogP contribution < -0.4 is 5.32 Å². The van der Waals surface area contributed by atoms with Crippen LogP contribution in [0, 0.1) is 0 Å². The van der Waals surface area contributed by atoms with E-state index in [9.17, 15) is 0 Å². The molecule has 0 saturated carbocycles. The third-order valence-corrected chi connectivity index (χ3v) is 3.11. The molecule has 1 N–H and O–H groups in total. The zero-order valence-electron chi connectivity index (χ0n) is 8.57. The molecule has 0 aromatic heterocycles. The number of fused-ring (bicyclic) bond motifs is 1. The average Bonchev–Trinajstić information content (AvgIpc) is 2.19. The Bertz CT molecular complexity index is 333. The highest BCUT2D eigenvalue weighted by atomic mass is 35.5. The molecule has 1 aliphatic rings. The molecule has 0 aliphatic heterocycles. The molecule has 0 amide bonds. The molecule has 0 spiro atoms. The van der Waals surface area contributed by atoms with E-state index in [1.807, 2.05) is 0 Å². The van der Waals surface area contributed by atoms with Gasteiger partial charge >= 0.3 is 0 Å². The number of hydrogen-bond acceptors (Lipinski definition) is 1. The molecule has 76 valence electrons. The molecule has 1 aliphatic carbocycles. The van der Waals surface area contributed by atoms with E-state index in [-0.39, 0.29) is 0 Å². The lowest BCUT2D eigenvalue weighted by molar-refractivity contribution is 0.686. The summed E-state index contributed by atoms with van der Waals surface area (Å²) in [5, 5.41) is 4.16. The number of halogens is 1. The van der Waals surface area contributed by atoms with E-state index < -0.39 is 0 Å². The molecule has 0 unspecified atom stereocenters. The SMILES string of the molecule is CCNc1cc2c(cc1Cl)CCCC2. The fourth-order valence-electron chi connectivity index (χ4n) is 2.08. The molecule has 14 heavy (non-hydrogen) atoms. The van der Waals surface area contributed by atoms with Gasteiger partial charge in [0.15, 0.2) is 0 Å². The highest BCUT2D eigenvalue weighted by Gasteiger charge is 2.11. The third kappa shape index (κ3) is 1.88. The standard InChI is InChI=1S/C12H16ClN/c1-2-14-12-8-10-6-4-3-5-9(10)7-11(12)13/h7-8,14H,2-6H2,1H3. The number of benzene rings is 1. The van der Waals surface area contributed by atoms with Gasteiger partial charge in [0.25, 0.3) is 0 Å². The highest BCUT2D eigenvalue weighted by molar-refractivity contribution is 6.33. The van der Waals surface area contributed by atoms with Crippen LogP contribution in [0.25, 0.3) is 0 Å². The Morgan fingerprint density at radius 2 is 1.86 bits per heavy atom. The Morgan fingerprint density at radius 1 is 1.21 bits per heavy atom. The van der Waals surface area contributed by atoms with Gasteiger partial charge in [0.1, 0.15) is 0 Å². The maximum atomic E-state index is 6.18. The van der Waals surface area contributed by atoms with E-state index in [0.29, 0.717) is 0 Å². The number of anilines is 1. The average molecular weight is 210 g/mol. The lowest BCUT2D eigenvalue weighted by atomic mass is 9.91. The fourth-order valence-corrected chi connectivity index (χ4v) is 2.33. The van der Waals surface area contributed by atoms with Crippen LogP contribution in [0.2, 0.25) is 5.02 Å². The van der Waals surface area contributed by atoms with Crippen molar-refractivity contribution in [1.29, 1.82) is 0 Å². The molecule has 0 radical (unpaired) electrons. The maximum Gasteiger partial charge on any atom is 0.0640 e. The molecule has 1 aromatic carbocycles. The van der Waals surface area contributed by atoms with Gasteiger partial charge in [0.2, 0.25) is 0 Å². The Hall–Kier alpha value is -0.690. The Labute approximate surface area is 90.5 Å². The van der Waals surface area contributed by atoms with E-state index >= 15 is 0 Å². The second-order valence-electron chi connectivity index (χ2n) is 3.84. The number of nitrogens with one attached hydrogen (secondary N) is 1. The summed E-state index contributed by atoms with van der Waals surface area (Å²) >= 11 is 6.18. The molecule has 0 atom stereocenters. The van der Waals surface area contributed by atoms with Gasteiger partial charge in [-0.2, -0.15) is 0 Å². The van der Waals surface area contributed by atoms with Gasteiger partial charge in [-0.1, -0.05) is 11.6 Å². The topological polar surface area (TPSA) is 12.0 Å². The zero-order valence-corrected chi connectivity index (χ0v) is 9.32. The minimum absolute atomic E-state index is 0.868. The summed E-state index contributed by atoms with van der Waals surface area (Å²) in [6, 6.07) is 4.36. The van der Waals surface area contributed by atoms with Crippen molar-refractivity contribution in [2.45, 2.75) is 32.6 Å². The normalized spacial score (nSPS) is 15.0. The monoisotopic (exact) mass is 209 g/mol. The molecule has 1 aromatic rings. The summed E-state index contributed by atoms with van der Waals surface area (Å²) in [5.41, 5.74) is 4.02. The summed E-state index contributed by atoms with van der Waals surface area (Å²) in [5.74, 6) is 0. The number of hydrogen-bond donors (Lipinski definition) is 1. The van der Waals surface area contributed by atoms with E-state index in [2.05, 4.69) is 24.4 Å². The minimum atomic E-state index is 0.868. The van der Waals surface area contributed by atoms with Gasteiger partial charge < -0.3 is 5.32 Å². The quantitative estimate of drug-likeness (QED) is 0.784. The molecular formula is C12H16ClN. The molecule has 0 bridgehead atoms. The predicted octanol–water partition coefficient (Wildman–Crippen LogP) is 3.65. The lowest BCUT2D eigenvalue weighted by Crippen LogP contribution is -2.05. The van der Waals surface area contributed by atoms with E-state index in [1.54, 1.807) is 0 Å². The molecule has 1 nitrogen and oxygen atoms in total. The van der Waals surface area contributed by atoms with E-state index in [0.717, 1.165) is 17.3 Å². The van der Waals surface area contributed by atoms with Crippen molar-refractivity contribution in [2.24, 2.45) is 0 Å². The van der Waals surface area contributed by atoms with Crippen LogP contribution in [0.1, 0.15) is 30.9 Å². The first-order valence-electron chi connectivity index (χ1n) is 5.36. The van der Waals surface area contributed by atoms with Crippen LogP contribution in [-0.4, -0.2) is 6.54 Å². The maximum absolute atomic E-state index is 6.18. The van der Waals surface area contributed by atoms with Crippen molar-refractivity contribution in [1.82, 2.24) is 0 Å².